The number of ether oxygens (including phenoxy) is 1. The average Bonchev–Trinajstić information content (AvgIpc) is 2.54. The Morgan fingerprint density at radius 1 is 1.55 bits per heavy atom. The number of oxime groups is 1. The molecule has 0 aliphatic carbocycles. The molecule has 1 unspecified atom stereocenters. The molecule has 2 aliphatic rings. The summed E-state index contributed by atoms with van der Waals surface area (Å²) in [6.07, 6.45) is 2.03. The van der Waals surface area contributed by atoms with E-state index in [2.05, 4.69) is 12.1 Å². The number of hydrogen-bond acceptors (Lipinski definition) is 5. The number of carbonyl (C=O) groups is 1. The van der Waals surface area contributed by atoms with Crippen molar-refractivity contribution in [3.63, 3.8) is 0 Å². The van der Waals surface area contributed by atoms with Crippen LogP contribution in [-0.2, 0) is 9.53 Å². The Balaban J connectivity index is 2.18. The van der Waals surface area contributed by atoms with Gasteiger partial charge in [-0.25, -0.2) is 0 Å². The summed E-state index contributed by atoms with van der Waals surface area (Å²) in [5.74, 6) is 0.972. The van der Waals surface area contributed by atoms with Gasteiger partial charge in [0, 0.05) is 37.3 Å². The second-order valence-corrected chi connectivity index (χ2v) is 6.74. The Morgan fingerprint density at radius 2 is 2.25 bits per heavy atom. The van der Waals surface area contributed by atoms with Crippen molar-refractivity contribution in [2.45, 2.75) is 31.4 Å². The van der Waals surface area contributed by atoms with E-state index in [1.165, 1.54) is 0 Å². The van der Waals surface area contributed by atoms with Crippen molar-refractivity contribution in [2.24, 2.45) is 16.3 Å². The molecule has 0 aromatic carbocycles. The van der Waals surface area contributed by atoms with E-state index in [9.17, 15) is 4.79 Å². The third-order valence-electron chi connectivity index (χ3n) is 4.24. The number of thioether (sulfide) groups is 1. The molecule has 0 spiro atoms. The van der Waals surface area contributed by atoms with E-state index in [-0.39, 0.29) is 11.7 Å². The second-order valence-electron chi connectivity index (χ2n) is 5.33. The zero-order chi connectivity index (χ0) is 14.6. The maximum atomic E-state index is 12.9. The van der Waals surface area contributed by atoms with E-state index in [4.69, 9.17) is 15.7 Å². The fourth-order valence-electron chi connectivity index (χ4n) is 2.85. The van der Waals surface area contributed by atoms with Gasteiger partial charge in [-0.15, -0.1) is 0 Å². The fraction of sp³-hybridized carbons (Fsp3) is 0.846. The van der Waals surface area contributed by atoms with Crippen molar-refractivity contribution < 1.29 is 14.7 Å². The highest BCUT2D eigenvalue weighted by Crippen LogP contribution is 2.35. The number of amides is 1. The van der Waals surface area contributed by atoms with Crippen LogP contribution in [0.3, 0.4) is 0 Å². The molecule has 7 heteroatoms. The van der Waals surface area contributed by atoms with Crippen LogP contribution in [0.25, 0.3) is 0 Å². The zero-order valence-electron chi connectivity index (χ0n) is 11.9. The largest absolute Gasteiger partial charge is 0.409 e. The van der Waals surface area contributed by atoms with E-state index in [0.717, 1.165) is 25.3 Å². The standard InChI is InChI=1S/C13H23N3O3S/c1-2-10-9-16(5-8-20-10)12(17)13(11(14)15-18)3-6-19-7-4-13/h10,18H,2-9H2,1H3,(H2,14,15). The molecule has 0 saturated carbocycles. The molecule has 0 aromatic heterocycles. The van der Waals surface area contributed by atoms with Crippen LogP contribution in [-0.4, -0.2) is 59.2 Å². The number of nitrogens with two attached hydrogens (primary N) is 1. The van der Waals surface area contributed by atoms with E-state index in [1.54, 1.807) is 0 Å². The van der Waals surface area contributed by atoms with Crippen molar-refractivity contribution in [1.82, 2.24) is 4.90 Å². The molecule has 2 fully saturated rings. The highest BCUT2D eigenvalue weighted by Gasteiger charge is 2.47. The molecule has 0 radical (unpaired) electrons. The van der Waals surface area contributed by atoms with E-state index in [0.29, 0.717) is 31.3 Å². The predicted molar refractivity (Wildman–Crippen MR) is 79.0 cm³/mol. The van der Waals surface area contributed by atoms with Gasteiger partial charge in [0.25, 0.3) is 0 Å². The number of carbonyl (C=O) groups excluding carboxylic acids is 1. The van der Waals surface area contributed by atoms with Crippen molar-refractivity contribution >= 4 is 23.5 Å². The minimum Gasteiger partial charge on any atom is -0.409 e. The maximum Gasteiger partial charge on any atom is 0.236 e. The van der Waals surface area contributed by atoms with Gasteiger partial charge in [0.2, 0.25) is 5.91 Å². The normalized spacial score (nSPS) is 27.4. The summed E-state index contributed by atoms with van der Waals surface area (Å²) < 4.78 is 5.33. The van der Waals surface area contributed by atoms with Crippen molar-refractivity contribution in [3.8, 4) is 0 Å². The summed E-state index contributed by atoms with van der Waals surface area (Å²) >= 11 is 1.91. The molecule has 6 nitrogen and oxygen atoms in total. The maximum absolute atomic E-state index is 12.9. The van der Waals surface area contributed by atoms with Gasteiger partial charge in [0.1, 0.15) is 5.41 Å². The molecule has 2 heterocycles. The van der Waals surface area contributed by atoms with Gasteiger partial charge in [-0.05, 0) is 19.3 Å². The van der Waals surface area contributed by atoms with Crippen LogP contribution in [0.4, 0.5) is 0 Å². The summed E-state index contributed by atoms with van der Waals surface area (Å²) in [5.41, 5.74) is 4.97. The van der Waals surface area contributed by atoms with Gasteiger partial charge in [-0.1, -0.05) is 12.1 Å². The van der Waals surface area contributed by atoms with Crippen LogP contribution in [0.5, 0.6) is 0 Å². The topological polar surface area (TPSA) is 88.2 Å². The average molecular weight is 301 g/mol. The third kappa shape index (κ3) is 2.88. The quantitative estimate of drug-likeness (QED) is 0.350. The van der Waals surface area contributed by atoms with E-state index >= 15 is 0 Å². The Kier molecular flexibility index (Phi) is 5.15. The first-order valence-corrected chi connectivity index (χ1v) is 8.15. The molecule has 0 bridgehead atoms. The molecule has 114 valence electrons. The third-order valence-corrected chi connectivity index (χ3v) is 5.61. The number of amidine groups is 1. The number of hydrogen-bond donors (Lipinski definition) is 2. The molecule has 2 saturated heterocycles. The van der Waals surface area contributed by atoms with Crippen LogP contribution >= 0.6 is 11.8 Å². The van der Waals surface area contributed by atoms with Crippen molar-refractivity contribution in [1.29, 1.82) is 0 Å². The van der Waals surface area contributed by atoms with Gasteiger partial charge in [-0.3, -0.25) is 4.79 Å². The Bertz CT molecular complexity index is 383. The summed E-state index contributed by atoms with van der Waals surface area (Å²) in [4.78, 5) is 14.8. The first-order valence-electron chi connectivity index (χ1n) is 7.10. The minimum atomic E-state index is -0.882. The van der Waals surface area contributed by atoms with Gasteiger partial charge in [0.15, 0.2) is 5.84 Å². The van der Waals surface area contributed by atoms with Crippen LogP contribution in [0.2, 0.25) is 0 Å². The lowest BCUT2D eigenvalue weighted by Crippen LogP contribution is -2.56. The Hall–Kier alpha value is -0.950. The molecule has 2 rings (SSSR count). The highest BCUT2D eigenvalue weighted by molar-refractivity contribution is 8.00. The van der Waals surface area contributed by atoms with Crippen LogP contribution in [0.15, 0.2) is 5.16 Å². The Morgan fingerprint density at radius 3 is 2.85 bits per heavy atom. The molecule has 20 heavy (non-hydrogen) atoms. The van der Waals surface area contributed by atoms with E-state index in [1.807, 2.05) is 16.7 Å². The van der Waals surface area contributed by atoms with Crippen LogP contribution < -0.4 is 5.73 Å². The summed E-state index contributed by atoms with van der Waals surface area (Å²) in [5, 5.41) is 12.7. The van der Waals surface area contributed by atoms with Gasteiger partial charge < -0.3 is 20.6 Å². The van der Waals surface area contributed by atoms with Crippen LogP contribution in [0, 0.1) is 5.41 Å². The molecule has 0 aromatic rings. The van der Waals surface area contributed by atoms with Crippen LogP contribution in [0.1, 0.15) is 26.2 Å². The lowest BCUT2D eigenvalue weighted by atomic mass is 9.77. The monoisotopic (exact) mass is 301 g/mol. The smallest absolute Gasteiger partial charge is 0.236 e. The molecule has 1 atom stereocenters. The first kappa shape index (κ1) is 15.4. The van der Waals surface area contributed by atoms with Gasteiger partial charge >= 0.3 is 0 Å². The molecule has 2 aliphatic heterocycles. The van der Waals surface area contributed by atoms with Gasteiger partial charge in [-0.2, -0.15) is 11.8 Å². The first-order chi connectivity index (χ1) is 9.64. The second kappa shape index (κ2) is 6.67. The molecular weight excluding hydrogens is 278 g/mol. The lowest BCUT2D eigenvalue weighted by molar-refractivity contribution is -0.142. The summed E-state index contributed by atoms with van der Waals surface area (Å²) in [7, 11) is 0. The molecular formula is C13H23N3O3S. The molecule has 1 amide bonds. The SMILES string of the molecule is CCC1CN(C(=O)C2(C(N)=NO)CCOCC2)CCS1. The van der Waals surface area contributed by atoms with Gasteiger partial charge in [0.05, 0.1) is 0 Å². The summed E-state index contributed by atoms with van der Waals surface area (Å²) in [6.45, 7) is 4.57. The Labute approximate surface area is 123 Å². The zero-order valence-corrected chi connectivity index (χ0v) is 12.7. The van der Waals surface area contributed by atoms with Crippen molar-refractivity contribution in [2.75, 3.05) is 32.1 Å². The number of nitrogens with zero attached hydrogens (tertiary/aromatic N) is 2. The fourth-order valence-corrected chi connectivity index (χ4v) is 4.03. The van der Waals surface area contributed by atoms with Crippen molar-refractivity contribution in [3.05, 3.63) is 0 Å². The lowest BCUT2D eigenvalue weighted by Gasteiger charge is -2.41. The molecule has 3 N–H and O–H groups in total. The highest BCUT2D eigenvalue weighted by atomic mass is 32.2. The predicted octanol–water partition coefficient (Wildman–Crippen LogP) is 0.884. The number of rotatable bonds is 3. The summed E-state index contributed by atoms with van der Waals surface area (Å²) in [6, 6.07) is 0. The van der Waals surface area contributed by atoms with E-state index < -0.39 is 5.41 Å². The minimum absolute atomic E-state index is 0.00477.